The average Bonchev–Trinajstić information content (AvgIpc) is 2.75. The Labute approximate surface area is 147 Å². The molecule has 0 N–H and O–H groups in total. The minimum Gasteiger partial charge on any atom is -0.462 e. The Morgan fingerprint density at radius 2 is 1.84 bits per heavy atom. The molecule has 0 bridgehead atoms. The van der Waals surface area contributed by atoms with Gasteiger partial charge in [0.2, 0.25) is 0 Å². The Kier molecular flexibility index (Phi) is 4.25. The molecular weight excluding hydrogens is 324 g/mol. The van der Waals surface area contributed by atoms with Crippen molar-refractivity contribution in [3.8, 4) is 0 Å². The molecule has 0 spiro atoms. The van der Waals surface area contributed by atoms with Crippen molar-refractivity contribution >= 4 is 17.9 Å². The molecule has 3 fully saturated rings. The van der Waals surface area contributed by atoms with Gasteiger partial charge in [0.05, 0.1) is 5.92 Å². The molecule has 0 aromatic carbocycles. The van der Waals surface area contributed by atoms with Crippen LogP contribution in [-0.4, -0.2) is 36.2 Å². The fourth-order valence-electron chi connectivity index (χ4n) is 4.93. The van der Waals surface area contributed by atoms with E-state index in [1.807, 2.05) is 6.92 Å². The highest BCUT2D eigenvalue weighted by atomic mass is 16.6. The number of ether oxygens (including phenoxy) is 3. The Balaban J connectivity index is 2.05. The summed E-state index contributed by atoms with van der Waals surface area (Å²) in [5.74, 6) is -1.84. The van der Waals surface area contributed by atoms with Crippen molar-refractivity contribution in [3.63, 3.8) is 0 Å². The zero-order valence-corrected chi connectivity index (χ0v) is 14.9. The SMILES string of the molecule is C=C1C(=O)O[C@@H]2C[C@]3(C)[C@@H](OC(C)=O)CCC(=C)[C@H]3[C@H](OC(C)=O)[C@@H]12. The smallest absolute Gasteiger partial charge is 0.334 e. The standard InChI is InChI=1S/C19H24O6/c1-9-6-7-14(23-11(3)20)19(5)8-13-15(10(2)18(22)25-13)17(16(9)19)24-12(4)21/h13-17H,1-2,6-8H2,3-5H3/t13-,14+,15+,16+,17-,19-/m1/s1. The molecule has 136 valence electrons. The van der Waals surface area contributed by atoms with Gasteiger partial charge in [-0.3, -0.25) is 9.59 Å². The summed E-state index contributed by atoms with van der Waals surface area (Å²) in [6.07, 6.45) is 0.480. The summed E-state index contributed by atoms with van der Waals surface area (Å²) in [6.45, 7) is 12.8. The molecule has 25 heavy (non-hydrogen) atoms. The maximum Gasteiger partial charge on any atom is 0.334 e. The number of rotatable bonds is 2. The summed E-state index contributed by atoms with van der Waals surface area (Å²) in [4.78, 5) is 35.4. The van der Waals surface area contributed by atoms with Crippen LogP contribution < -0.4 is 0 Å². The van der Waals surface area contributed by atoms with Crippen LogP contribution in [0.3, 0.4) is 0 Å². The number of fused-ring (bicyclic) bond motifs is 2. The molecule has 6 nitrogen and oxygen atoms in total. The maximum absolute atomic E-state index is 12.1. The van der Waals surface area contributed by atoms with Gasteiger partial charge >= 0.3 is 17.9 Å². The molecule has 6 heteroatoms. The molecule has 1 heterocycles. The summed E-state index contributed by atoms with van der Waals surface area (Å²) >= 11 is 0. The highest BCUT2D eigenvalue weighted by Crippen LogP contribution is 2.58. The van der Waals surface area contributed by atoms with Crippen molar-refractivity contribution in [2.24, 2.45) is 17.3 Å². The molecule has 3 aliphatic rings. The zero-order valence-electron chi connectivity index (χ0n) is 14.9. The minimum atomic E-state index is -0.592. The molecule has 0 aromatic rings. The molecule has 0 amide bonds. The van der Waals surface area contributed by atoms with E-state index in [0.29, 0.717) is 24.8 Å². The third kappa shape index (κ3) is 2.77. The van der Waals surface area contributed by atoms with E-state index in [0.717, 1.165) is 5.57 Å². The van der Waals surface area contributed by atoms with Gasteiger partial charge in [-0.2, -0.15) is 0 Å². The number of carbonyl (C=O) groups is 3. The Morgan fingerprint density at radius 3 is 2.44 bits per heavy atom. The third-order valence-corrected chi connectivity index (χ3v) is 5.87. The van der Waals surface area contributed by atoms with Crippen LogP contribution >= 0.6 is 0 Å². The monoisotopic (exact) mass is 348 g/mol. The van der Waals surface area contributed by atoms with Gasteiger partial charge in [0.1, 0.15) is 18.3 Å². The highest BCUT2D eigenvalue weighted by Gasteiger charge is 2.62. The van der Waals surface area contributed by atoms with Crippen LogP contribution in [0.5, 0.6) is 0 Å². The van der Waals surface area contributed by atoms with Crippen LogP contribution in [0.15, 0.2) is 24.3 Å². The van der Waals surface area contributed by atoms with E-state index in [-0.39, 0.29) is 23.9 Å². The van der Waals surface area contributed by atoms with E-state index < -0.39 is 29.6 Å². The van der Waals surface area contributed by atoms with Gasteiger partial charge in [0.15, 0.2) is 0 Å². The van der Waals surface area contributed by atoms with Crippen molar-refractivity contribution in [2.75, 3.05) is 0 Å². The third-order valence-electron chi connectivity index (χ3n) is 5.87. The molecule has 2 saturated carbocycles. The van der Waals surface area contributed by atoms with E-state index in [2.05, 4.69) is 13.2 Å². The summed E-state index contributed by atoms with van der Waals surface area (Å²) in [7, 11) is 0. The van der Waals surface area contributed by atoms with E-state index >= 15 is 0 Å². The Hall–Kier alpha value is -2.11. The molecule has 1 aliphatic heterocycles. The number of hydrogen-bond acceptors (Lipinski definition) is 6. The second-order valence-electron chi connectivity index (χ2n) is 7.55. The van der Waals surface area contributed by atoms with Crippen molar-refractivity contribution < 1.29 is 28.6 Å². The lowest BCUT2D eigenvalue weighted by Gasteiger charge is -2.55. The number of hydrogen-bond donors (Lipinski definition) is 0. The van der Waals surface area contributed by atoms with Gasteiger partial charge in [0.25, 0.3) is 0 Å². The van der Waals surface area contributed by atoms with E-state index in [1.54, 1.807) is 0 Å². The first-order valence-electron chi connectivity index (χ1n) is 8.57. The van der Waals surface area contributed by atoms with Gasteiger partial charge in [-0.15, -0.1) is 0 Å². The Bertz CT molecular complexity index is 665. The molecule has 2 aliphatic carbocycles. The quantitative estimate of drug-likeness (QED) is 0.330. The summed E-state index contributed by atoms with van der Waals surface area (Å²) in [6, 6.07) is 0. The van der Waals surface area contributed by atoms with Crippen molar-refractivity contribution in [3.05, 3.63) is 24.3 Å². The fourth-order valence-corrected chi connectivity index (χ4v) is 4.93. The molecule has 6 atom stereocenters. The second kappa shape index (κ2) is 6.00. The first-order valence-corrected chi connectivity index (χ1v) is 8.57. The van der Waals surface area contributed by atoms with Crippen LogP contribution in [0.2, 0.25) is 0 Å². The second-order valence-corrected chi connectivity index (χ2v) is 7.55. The topological polar surface area (TPSA) is 78.9 Å². The van der Waals surface area contributed by atoms with Crippen LogP contribution in [0.4, 0.5) is 0 Å². The van der Waals surface area contributed by atoms with Gasteiger partial charge in [0, 0.05) is 30.8 Å². The maximum atomic E-state index is 12.1. The summed E-state index contributed by atoms with van der Waals surface area (Å²) < 4.78 is 16.7. The highest BCUT2D eigenvalue weighted by molar-refractivity contribution is 5.91. The van der Waals surface area contributed by atoms with Gasteiger partial charge in [-0.05, 0) is 19.3 Å². The predicted molar refractivity (Wildman–Crippen MR) is 88.2 cm³/mol. The van der Waals surface area contributed by atoms with Crippen LogP contribution in [0.1, 0.15) is 40.0 Å². The normalized spacial score (nSPS) is 40.0. The minimum absolute atomic E-state index is 0.220. The van der Waals surface area contributed by atoms with Crippen LogP contribution in [0, 0.1) is 17.3 Å². The number of carbonyl (C=O) groups excluding carboxylic acids is 3. The van der Waals surface area contributed by atoms with Crippen LogP contribution in [-0.2, 0) is 28.6 Å². The van der Waals surface area contributed by atoms with Gasteiger partial charge in [-0.1, -0.05) is 25.7 Å². The lowest BCUT2D eigenvalue weighted by Crippen LogP contribution is -2.59. The van der Waals surface area contributed by atoms with Crippen molar-refractivity contribution in [1.82, 2.24) is 0 Å². The van der Waals surface area contributed by atoms with E-state index in [9.17, 15) is 14.4 Å². The fraction of sp³-hybridized carbons (Fsp3) is 0.632. The van der Waals surface area contributed by atoms with Crippen molar-refractivity contribution in [1.29, 1.82) is 0 Å². The molecule has 0 unspecified atom stereocenters. The van der Waals surface area contributed by atoms with Gasteiger partial charge < -0.3 is 14.2 Å². The van der Waals surface area contributed by atoms with E-state index in [1.165, 1.54) is 13.8 Å². The van der Waals surface area contributed by atoms with Crippen LogP contribution in [0.25, 0.3) is 0 Å². The molecule has 3 rings (SSSR count). The summed E-state index contributed by atoms with van der Waals surface area (Å²) in [5.41, 5.74) is 0.760. The first-order chi connectivity index (χ1) is 11.6. The molecule has 0 aromatic heterocycles. The predicted octanol–water partition coefficient (Wildman–Crippen LogP) is 2.32. The largest absolute Gasteiger partial charge is 0.462 e. The number of esters is 3. The lowest BCUT2D eigenvalue weighted by atomic mass is 9.53. The van der Waals surface area contributed by atoms with Crippen molar-refractivity contribution in [2.45, 2.75) is 58.3 Å². The average molecular weight is 348 g/mol. The molecular formula is C19H24O6. The van der Waals surface area contributed by atoms with E-state index in [4.69, 9.17) is 14.2 Å². The molecule has 0 radical (unpaired) electrons. The zero-order chi connectivity index (χ0) is 18.5. The summed E-state index contributed by atoms with van der Waals surface area (Å²) in [5, 5.41) is 0. The Morgan fingerprint density at radius 1 is 1.20 bits per heavy atom. The lowest BCUT2D eigenvalue weighted by molar-refractivity contribution is -0.190. The first kappa shape index (κ1) is 17.7. The molecule has 1 saturated heterocycles. The van der Waals surface area contributed by atoms with Gasteiger partial charge in [-0.25, -0.2) is 4.79 Å².